The van der Waals surface area contributed by atoms with Crippen molar-refractivity contribution in [1.82, 2.24) is 0 Å². The molecular weight excluding hydrogens is 291 g/mol. The number of hydrogen-bond acceptors (Lipinski definition) is 3. The zero-order chi connectivity index (χ0) is 17.1. The van der Waals surface area contributed by atoms with Crippen LogP contribution in [0.4, 0.5) is 0 Å². The summed E-state index contributed by atoms with van der Waals surface area (Å²) in [7, 11) is 1.31. The van der Waals surface area contributed by atoms with Crippen molar-refractivity contribution in [2.75, 3.05) is 7.11 Å². The number of methoxy groups -OCH3 is 1. The third-order valence-corrected chi connectivity index (χ3v) is 8.40. The monoisotopic (exact) mass is 320 g/mol. The summed E-state index contributed by atoms with van der Waals surface area (Å²) in [6.07, 6.45) is 2.01. The molecule has 0 fully saturated rings. The Kier molecular flexibility index (Phi) is 6.04. The van der Waals surface area contributed by atoms with E-state index in [2.05, 4.69) is 40.8 Å². The van der Waals surface area contributed by atoms with Crippen LogP contribution in [0.1, 0.15) is 37.0 Å². The molecule has 22 heavy (non-hydrogen) atoms. The van der Waals surface area contributed by atoms with Crippen LogP contribution in [-0.2, 0) is 22.4 Å². The molecule has 1 N–H and O–H groups in total. The van der Waals surface area contributed by atoms with E-state index in [1.807, 2.05) is 13.1 Å². The highest BCUT2D eigenvalue weighted by molar-refractivity contribution is 6.72. The molecule has 0 bridgehead atoms. The van der Waals surface area contributed by atoms with Crippen molar-refractivity contribution in [3.05, 3.63) is 28.8 Å². The summed E-state index contributed by atoms with van der Waals surface area (Å²) in [5, 5.41) is -0.0717. The highest BCUT2D eigenvalue weighted by atomic mass is 28.4. The van der Waals surface area contributed by atoms with E-state index in [1.165, 1.54) is 29.3 Å². The molecule has 0 aliphatic carbocycles. The van der Waals surface area contributed by atoms with Gasteiger partial charge >= 0.3 is 5.97 Å². The third-order valence-electron chi connectivity index (χ3n) is 4.91. The Morgan fingerprint density at radius 2 is 1.91 bits per heavy atom. The molecule has 0 aliphatic heterocycles. The minimum Gasteiger partial charge on any atom is -0.469 e. The van der Waals surface area contributed by atoms with Crippen molar-refractivity contribution >= 4 is 27.6 Å². The Labute approximate surface area is 136 Å². The number of aryl methyl sites for hydroxylation is 2. The second-order valence-electron chi connectivity index (χ2n) is 7.40. The molecule has 0 aliphatic rings. The van der Waals surface area contributed by atoms with Crippen LogP contribution in [0.25, 0.3) is 0 Å². The molecule has 122 valence electrons. The second kappa shape index (κ2) is 7.01. The average Bonchev–Trinajstić information content (AvgIpc) is 2.39. The van der Waals surface area contributed by atoms with Crippen LogP contribution >= 0.6 is 0 Å². The summed E-state index contributed by atoms with van der Waals surface area (Å²) in [5.74, 6) is -0.171. The Balaban J connectivity index is 2.97. The number of esters is 1. The van der Waals surface area contributed by atoms with Gasteiger partial charge in [0.1, 0.15) is 7.85 Å². The van der Waals surface area contributed by atoms with Crippen molar-refractivity contribution in [3.8, 4) is 0 Å². The number of benzene rings is 1. The molecule has 1 aromatic rings. The lowest BCUT2D eigenvalue weighted by atomic mass is 9.83. The topological polar surface area (TPSA) is 46.5 Å². The molecule has 0 aromatic heterocycles. The Morgan fingerprint density at radius 3 is 2.41 bits per heavy atom. The zero-order valence-electron chi connectivity index (χ0n) is 15.0. The van der Waals surface area contributed by atoms with Gasteiger partial charge in [0.15, 0.2) is 8.32 Å². The van der Waals surface area contributed by atoms with Gasteiger partial charge in [-0.2, -0.15) is 0 Å². The van der Waals surface area contributed by atoms with Gasteiger partial charge in [0.25, 0.3) is 0 Å². The van der Waals surface area contributed by atoms with Crippen LogP contribution in [-0.4, -0.2) is 34.0 Å². The van der Waals surface area contributed by atoms with Gasteiger partial charge in [-0.05, 0) is 49.0 Å². The van der Waals surface area contributed by atoms with Crippen molar-refractivity contribution in [3.63, 3.8) is 0 Å². The van der Waals surface area contributed by atoms with E-state index in [0.717, 1.165) is 6.42 Å². The SMILES string of the molecule is Bc1cc(CCC(=O)OC)c(C)cc1CC(C)(C)[Si](C)(C)O. The lowest BCUT2D eigenvalue weighted by molar-refractivity contribution is -0.140. The smallest absolute Gasteiger partial charge is 0.305 e. The van der Waals surface area contributed by atoms with Gasteiger partial charge in [-0.1, -0.05) is 37.0 Å². The lowest BCUT2D eigenvalue weighted by Crippen LogP contribution is -2.41. The first kappa shape index (κ1) is 19.0. The molecule has 0 amide bonds. The Bertz CT molecular complexity index is 548. The fourth-order valence-electron chi connectivity index (χ4n) is 2.43. The first-order valence-corrected chi connectivity index (χ1v) is 10.8. The van der Waals surface area contributed by atoms with Crippen molar-refractivity contribution in [2.24, 2.45) is 0 Å². The van der Waals surface area contributed by atoms with Gasteiger partial charge in [-0.25, -0.2) is 0 Å². The second-order valence-corrected chi connectivity index (χ2v) is 11.9. The maximum Gasteiger partial charge on any atom is 0.305 e. The fourth-order valence-corrected chi connectivity index (χ4v) is 3.05. The number of rotatable bonds is 6. The summed E-state index contributed by atoms with van der Waals surface area (Å²) in [5.41, 5.74) is 4.93. The predicted octanol–water partition coefficient (Wildman–Crippen LogP) is 1.88. The van der Waals surface area contributed by atoms with Gasteiger partial charge in [0.2, 0.25) is 0 Å². The summed E-state index contributed by atoms with van der Waals surface area (Å²) in [6.45, 7) is 10.4. The number of ether oxygens (including phenoxy) is 1. The van der Waals surface area contributed by atoms with Gasteiger partial charge in [0, 0.05) is 6.42 Å². The predicted molar refractivity (Wildman–Crippen MR) is 97.1 cm³/mol. The number of carbonyl (C=O) groups excluding carboxylic acids is 1. The van der Waals surface area contributed by atoms with Crippen molar-refractivity contribution < 1.29 is 14.3 Å². The Morgan fingerprint density at radius 1 is 1.32 bits per heavy atom. The number of hydrogen-bond donors (Lipinski definition) is 1. The fraction of sp³-hybridized carbons (Fsp3) is 0.588. The van der Waals surface area contributed by atoms with Crippen LogP contribution in [0.2, 0.25) is 18.1 Å². The van der Waals surface area contributed by atoms with E-state index in [-0.39, 0.29) is 11.0 Å². The molecular formula is C17H29BO3Si. The minimum atomic E-state index is -2.22. The van der Waals surface area contributed by atoms with Gasteiger partial charge in [-0.15, -0.1) is 0 Å². The van der Waals surface area contributed by atoms with E-state index >= 15 is 0 Å². The van der Waals surface area contributed by atoms with Crippen LogP contribution < -0.4 is 5.46 Å². The lowest BCUT2D eigenvalue weighted by Gasteiger charge is -2.35. The average molecular weight is 320 g/mol. The molecule has 1 aromatic carbocycles. The zero-order valence-corrected chi connectivity index (χ0v) is 16.0. The van der Waals surface area contributed by atoms with Gasteiger partial charge in [0.05, 0.1) is 7.11 Å². The molecule has 0 heterocycles. The molecule has 0 spiro atoms. The highest BCUT2D eigenvalue weighted by Crippen LogP contribution is 2.38. The molecule has 0 radical (unpaired) electrons. The molecule has 1 rings (SSSR count). The molecule has 0 unspecified atom stereocenters. The highest BCUT2D eigenvalue weighted by Gasteiger charge is 2.38. The summed E-state index contributed by atoms with van der Waals surface area (Å²) < 4.78 is 4.71. The van der Waals surface area contributed by atoms with Crippen molar-refractivity contribution in [1.29, 1.82) is 0 Å². The molecule has 0 saturated carbocycles. The maximum atomic E-state index is 11.3. The summed E-state index contributed by atoms with van der Waals surface area (Å²) in [4.78, 5) is 21.8. The van der Waals surface area contributed by atoms with Crippen LogP contribution in [0.5, 0.6) is 0 Å². The first-order valence-electron chi connectivity index (χ1n) is 7.86. The largest absolute Gasteiger partial charge is 0.469 e. The van der Waals surface area contributed by atoms with Crippen LogP contribution in [0.15, 0.2) is 12.1 Å². The van der Waals surface area contributed by atoms with E-state index in [1.54, 1.807) is 0 Å². The van der Waals surface area contributed by atoms with Gasteiger partial charge < -0.3 is 9.53 Å². The van der Waals surface area contributed by atoms with E-state index in [9.17, 15) is 9.59 Å². The standard InChI is InChI=1S/C17H29BO3Si/c1-12-9-14(11-17(2,3)22(5,6)20)15(18)10-13(12)7-8-16(19)21-4/h9-10,20H,7-8,11,18H2,1-6H3. The normalized spacial score (nSPS) is 12.3. The molecule has 3 nitrogen and oxygen atoms in total. The number of carbonyl (C=O) groups is 1. The summed E-state index contributed by atoms with van der Waals surface area (Å²) in [6, 6.07) is 4.39. The van der Waals surface area contributed by atoms with Crippen LogP contribution in [0, 0.1) is 6.92 Å². The molecule has 0 atom stereocenters. The maximum absolute atomic E-state index is 11.3. The van der Waals surface area contributed by atoms with E-state index in [4.69, 9.17) is 4.74 Å². The van der Waals surface area contributed by atoms with E-state index < -0.39 is 8.32 Å². The van der Waals surface area contributed by atoms with Crippen LogP contribution in [0.3, 0.4) is 0 Å². The first-order chi connectivity index (χ1) is 9.98. The Hall–Kier alpha value is -1.07. The third kappa shape index (κ3) is 4.72. The minimum absolute atomic E-state index is 0.0717. The molecule has 5 heteroatoms. The van der Waals surface area contributed by atoms with E-state index in [0.29, 0.717) is 12.8 Å². The quantitative estimate of drug-likeness (QED) is 0.643. The van der Waals surface area contributed by atoms with Gasteiger partial charge in [-0.3, -0.25) is 4.79 Å². The summed E-state index contributed by atoms with van der Waals surface area (Å²) >= 11 is 0. The van der Waals surface area contributed by atoms with Crippen molar-refractivity contribution in [2.45, 2.75) is 58.2 Å². The molecule has 0 saturated heterocycles.